The predicted molar refractivity (Wildman–Crippen MR) is 82.5 cm³/mol. The van der Waals surface area contributed by atoms with Gasteiger partial charge in [-0.25, -0.2) is 9.78 Å². The van der Waals surface area contributed by atoms with Gasteiger partial charge in [0.25, 0.3) is 5.91 Å². The summed E-state index contributed by atoms with van der Waals surface area (Å²) >= 11 is 0.370. The number of aromatic nitrogens is 1. The Balaban J connectivity index is 1.99. The van der Waals surface area contributed by atoms with Gasteiger partial charge in [0, 0.05) is 19.0 Å². The quantitative estimate of drug-likeness (QED) is 0.841. The highest BCUT2D eigenvalue weighted by Crippen LogP contribution is 2.31. The molecule has 0 unspecified atom stereocenters. The summed E-state index contributed by atoms with van der Waals surface area (Å²) in [5, 5.41) is 8.53. The third-order valence-corrected chi connectivity index (χ3v) is 3.91. The van der Waals surface area contributed by atoms with Gasteiger partial charge in [-0.15, -0.1) is 11.3 Å². The summed E-state index contributed by atoms with van der Waals surface area (Å²) in [6, 6.07) is 6.34. The van der Waals surface area contributed by atoms with Crippen LogP contribution < -0.4 is 4.74 Å². The molecule has 0 aliphatic heterocycles. The highest BCUT2D eigenvalue weighted by Gasteiger charge is 2.35. The molecular weight excluding hydrogens is 361 g/mol. The third-order valence-electron chi connectivity index (χ3n) is 3.02. The monoisotopic (exact) mass is 374 g/mol. The van der Waals surface area contributed by atoms with E-state index in [4.69, 9.17) is 9.84 Å². The second-order valence-electron chi connectivity index (χ2n) is 5.02. The number of alkyl halides is 3. The van der Waals surface area contributed by atoms with Crippen molar-refractivity contribution in [2.75, 3.05) is 13.7 Å². The topological polar surface area (TPSA) is 79.7 Å². The minimum Gasteiger partial charge on any atom is -0.482 e. The van der Waals surface area contributed by atoms with Gasteiger partial charge in [0.1, 0.15) is 11.4 Å². The number of carboxylic acids is 1. The van der Waals surface area contributed by atoms with Gasteiger partial charge in [-0.05, 0) is 17.7 Å². The zero-order chi connectivity index (χ0) is 18.6. The van der Waals surface area contributed by atoms with Crippen molar-refractivity contribution in [2.24, 2.45) is 0 Å². The maximum atomic E-state index is 12.5. The number of halogens is 3. The van der Waals surface area contributed by atoms with Crippen LogP contribution >= 0.6 is 11.3 Å². The van der Waals surface area contributed by atoms with E-state index in [-0.39, 0.29) is 12.2 Å². The van der Waals surface area contributed by atoms with Crippen LogP contribution in [0.3, 0.4) is 0 Å². The second kappa shape index (κ2) is 7.51. The number of nitrogens with zero attached hydrogens (tertiary/aromatic N) is 2. The van der Waals surface area contributed by atoms with Gasteiger partial charge >= 0.3 is 12.1 Å². The van der Waals surface area contributed by atoms with Gasteiger partial charge in [0.15, 0.2) is 11.6 Å². The van der Waals surface area contributed by atoms with Crippen molar-refractivity contribution in [3.63, 3.8) is 0 Å². The highest BCUT2D eigenvalue weighted by molar-refractivity contribution is 7.09. The Kier molecular flexibility index (Phi) is 5.62. The molecule has 25 heavy (non-hydrogen) atoms. The molecule has 2 rings (SSSR count). The number of hydrogen-bond donors (Lipinski definition) is 1. The first-order valence-electron chi connectivity index (χ1n) is 6.88. The van der Waals surface area contributed by atoms with E-state index in [1.165, 1.54) is 11.9 Å². The molecule has 1 heterocycles. The van der Waals surface area contributed by atoms with E-state index in [1.807, 2.05) is 0 Å². The zero-order valence-corrected chi connectivity index (χ0v) is 13.7. The summed E-state index contributed by atoms with van der Waals surface area (Å²) < 4.78 is 42.6. The molecule has 0 saturated carbocycles. The molecule has 0 atom stereocenters. The summed E-state index contributed by atoms with van der Waals surface area (Å²) in [6.07, 6.45) is -4.58. The van der Waals surface area contributed by atoms with Crippen LogP contribution in [0, 0.1) is 0 Å². The second-order valence-corrected chi connectivity index (χ2v) is 5.88. The predicted octanol–water partition coefficient (Wildman–Crippen LogP) is 2.90. The summed E-state index contributed by atoms with van der Waals surface area (Å²) in [5.74, 6) is -1.37. The molecule has 0 bridgehead atoms. The van der Waals surface area contributed by atoms with Crippen LogP contribution in [0.1, 0.15) is 21.1 Å². The number of carboxylic acid groups (broad SMARTS) is 1. The van der Waals surface area contributed by atoms with Gasteiger partial charge in [0.05, 0.1) is 0 Å². The number of hydrogen-bond acceptors (Lipinski definition) is 5. The molecule has 10 heteroatoms. The molecule has 6 nitrogen and oxygen atoms in total. The average molecular weight is 374 g/mol. The number of thiazole rings is 1. The SMILES string of the molecule is CN(Cc1ccc(OCC(=O)O)cc1)C(=O)c1csc(C(F)(F)F)n1. The first-order chi connectivity index (χ1) is 11.7. The summed E-state index contributed by atoms with van der Waals surface area (Å²) in [4.78, 5) is 27.1. The maximum Gasteiger partial charge on any atom is 0.443 e. The first kappa shape index (κ1) is 18.7. The smallest absolute Gasteiger partial charge is 0.443 e. The highest BCUT2D eigenvalue weighted by atomic mass is 32.1. The van der Waals surface area contributed by atoms with Crippen molar-refractivity contribution < 1.29 is 32.6 Å². The Bertz CT molecular complexity index is 759. The number of benzene rings is 1. The van der Waals surface area contributed by atoms with Gasteiger partial charge in [-0.2, -0.15) is 13.2 Å². The largest absolute Gasteiger partial charge is 0.482 e. The van der Waals surface area contributed by atoms with Crippen LogP contribution in [-0.4, -0.2) is 40.5 Å². The Hall–Kier alpha value is -2.62. The van der Waals surface area contributed by atoms with Crippen molar-refractivity contribution in [1.29, 1.82) is 0 Å². The Morgan fingerprint density at radius 3 is 2.44 bits per heavy atom. The number of amides is 1. The lowest BCUT2D eigenvalue weighted by molar-refractivity contribution is -0.139. The first-order valence-corrected chi connectivity index (χ1v) is 7.76. The standard InChI is InChI=1S/C15H13F3N2O4S/c1-20(13(23)11-8-25-14(19-11)15(16,17)18)6-9-2-4-10(5-3-9)24-7-12(21)22/h2-5,8H,6-7H2,1H3,(H,21,22). The van der Waals surface area contributed by atoms with Crippen molar-refractivity contribution in [2.45, 2.75) is 12.7 Å². The van der Waals surface area contributed by atoms with Crippen molar-refractivity contribution in [3.05, 3.63) is 45.9 Å². The van der Waals surface area contributed by atoms with Crippen LogP contribution in [0.15, 0.2) is 29.6 Å². The maximum absolute atomic E-state index is 12.5. The van der Waals surface area contributed by atoms with E-state index >= 15 is 0 Å². The van der Waals surface area contributed by atoms with Crippen LogP contribution in [0.5, 0.6) is 5.75 Å². The van der Waals surface area contributed by atoms with E-state index in [2.05, 4.69) is 4.98 Å². The summed E-state index contributed by atoms with van der Waals surface area (Å²) in [6.45, 7) is -0.319. The Morgan fingerprint density at radius 2 is 1.92 bits per heavy atom. The molecule has 0 spiro atoms. The van der Waals surface area contributed by atoms with Gasteiger partial charge < -0.3 is 14.7 Å². The number of rotatable bonds is 6. The lowest BCUT2D eigenvalue weighted by atomic mass is 10.2. The molecule has 2 aromatic rings. The molecular formula is C15H13F3N2O4S. The molecule has 1 aromatic carbocycles. The molecule has 1 amide bonds. The van der Waals surface area contributed by atoms with Gasteiger partial charge in [-0.1, -0.05) is 12.1 Å². The fourth-order valence-corrected chi connectivity index (χ4v) is 2.54. The molecule has 1 aromatic heterocycles. The van der Waals surface area contributed by atoms with Crippen molar-refractivity contribution >= 4 is 23.2 Å². The fourth-order valence-electron chi connectivity index (χ4n) is 1.88. The van der Waals surface area contributed by atoms with Crippen molar-refractivity contribution in [1.82, 2.24) is 9.88 Å². The summed E-state index contributed by atoms with van der Waals surface area (Å²) in [5.41, 5.74) is 0.436. The zero-order valence-electron chi connectivity index (χ0n) is 12.9. The minimum atomic E-state index is -4.58. The Labute approximate surface area is 144 Å². The molecule has 134 valence electrons. The number of carbonyl (C=O) groups is 2. The molecule has 0 fully saturated rings. The molecule has 0 saturated heterocycles. The third kappa shape index (κ3) is 5.18. The van der Waals surface area contributed by atoms with E-state index in [1.54, 1.807) is 24.3 Å². The lowest BCUT2D eigenvalue weighted by Crippen LogP contribution is -2.26. The van der Waals surface area contributed by atoms with E-state index in [0.717, 1.165) is 5.38 Å². The van der Waals surface area contributed by atoms with Crippen LogP contribution in [0.2, 0.25) is 0 Å². The van der Waals surface area contributed by atoms with Crippen LogP contribution in [-0.2, 0) is 17.5 Å². The number of carbonyl (C=O) groups excluding carboxylic acids is 1. The summed E-state index contributed by atoms with van der Waals surface area (Å²) in [7, 11) is 1.45. The fraction of sp³-hybridized carbons (Fsp3) is 0.267. The number of ether oxygens (including phenoxy) is 1. The van der Waals surface area contributed by atoms with Gasteiger partial charge in [0.2, 0.25) is 0 Å². The van der Waals surface area contributed by atoms with Crippen LogP contribution in [0.4, 0.5) is 13.2 Å². The van der Waals surface area contributed by atoms with Gasteiger partial charge in [-0.3, -0.25) is 4.79 Å². The molecule has 0 aliphatic rings. The number of aliphatic carboxylic acids is 1. The Morgan fingerprint density at radius 1 is 1.28 bits per heavy atom. The molecule has 0 radical (unpaired) electrons. The molecule has 1 N–H and O–H groups in total. The molecule has 0 aliphatic carbocycles. The lowest BCUT2D eigenvalue weighted by Gasteiger charge is -2.16. The minimum absolute atomic E-state index is 0.150. The normalized spacial score (nSPS) is 11.2. The van der Waals surface area contributed by atoms with E-state index < -0.39 is 29.7 Å². The van der Waals surface area contributed by atoms with Crippen molar-refractivity contribution in [3.8, 4) is 5.75 Å². The van der Waals surface area contributed by atoms with E-state index in [0.29, 0.717) is 22.6 Å². The van der Waals surface area contributed by atoms with Crippen LogP contribution in [0.25, 0.3) is 0 Å². The average Bonchev–Trinajstić information content (AvgIpc) is 3.03. The van der Waals surface area contributed by atoms with E-state index in [9.17, 15) is 22.8 Å².